The SMILES string of the molecule is CN(C)CCNC1(C)NC(OCC(F)(F)F)=C(Nc2ncc(Cl)c(-c3cn(C)c4ccccc34)n2)C=C1N. The second-order valence-corrected chi connectivity index (χ2v) is 9.82. The molecule has 3 aromatic rings. The van der Waals surface area contributed by atoms with E-state index in [2.05, 4.69) is 25.9 Å². The maximum Gasteiger partial charge on any atom is 0.422 e. The van der Waals surface area contributed by atoms with Crippen LogP contribution in [-0.2, 0) is 11.8 Å². The van der Waals surface area contributed by atoms with E-state index in [0.29, 0.717) is 29.5 Å². The normalized spacial score (nSPS) is 18.1. The number of nitrogens with one attached hydrogen (secondary N) is 3. The van der Waals surface area contributed by atoms with Gasteiger partial charge in [-0.3, -0.25) is 5.32 Å². The Morgan fingerprint density at radius 3 is 2.71 bits per heavy atom. The van der Waals surface area contributed by atoms with Crippen molar-refractivity contribution >= 4 is 28.5 Å². The molecule has 1 aromatic carbocycles. The molecule has 0 fully saturated rings. The molecule has 3 heterocycles. The average Bonchev–Trinajstić information content (AvgIpc) is 3.17. The Hall–Kier alpha value is -3.48. The van der Waals surface area contributed by atoms with Gasteiger partial charge < -0.3 is 30.6 Å². The second kappa shape index (κ2) is 10.7. The molecule has 1 atom stereocenters. The van der Waals surface area contributed by atoms with Crippen LogP contribution >= 0.6 is 11.6 Å². The van der Waals surface area contributed by atoms with Gasteiger partial charge in [0, 0.05) is 42.8 Å². The van der Waals surface area contributed by atoms with Crippen LogP contribution in [-0.4, -0.2) is 65.1 Å². The summed E-state index contributed by atoms with van der Waals surface area (Å²) in [5.74, 6) is -0.0444. The maximum atomic E-state index is 13.0. The molecular formula is C25H30ClF3N8O. The number of nitrogens with zero attached hydrogens (tertiary/aromatic N) is 4. The third-order valence-electron chi connectivity index (χ3n) is 6.05. The van der Waals surface area contributed by atoms with Crippen molar-refractivity contribution in [2.75, 3.05) is 39.1 Å². The number of anilines is 1. The van der Waals surface area contributed by atoms with Gasteiger partial charge in [-0.1, -0.05) is 29.8 Å². The van der Waals surface area contributed by atoms with Crippen molar-refractivity contribution in [3.05, 3.63) is 65.0 Å². The fourth-order valence-corrected chi connectivity index (χ4v) is 4.23. The molecule has 1 aliphatic rings. The van der Waals surface area contributed by atoms with Gasteiger partial charge in [0.1, 0.15) is 11.4 Å². The van der Waals surface area contributed by atoms with Crippen LogP contribution in [0.2, 0.25) is 5.02 Å². The van der Waals surface area contributed by atoms with E-state index in [1.807, 2.05) is 61.1 Å². The summed E-state index contributed by atoms with van der Waals surface area (Å²) < 4.78 is 46.2. The lowest BCUT2D eigenvalue weighted by atomic mass is 10.0. The van der Waals surface area contributed by atoms with Gasteiger partial charge in [0.2, 0.25) is 11.8 Å². The highest BCUT2D eigenvalue weighted by atomic mass is 35.5. The molecule has 1 aliphatic heterocycles. The van der Waals surface area contributed by atoms with E-state index in [1.54, 1.807) is 6.92 Å². The number of ether oxygens (including phenoxy) is 1. The Morgan fingerprint density at radius 1 is 1.26 bits per heavy atom. The molecule has 0 amide bonds. The molecule has 0 saturated carbocycles. The summed E-state index contributed by atoms with van der Waals surface area (Å²) in [6.07, 6.45) is 0.297. The van der Waals surface area contributed by atoms with Gasteiger partial charge in [0.25, 0.3) is 0 Å². The molecule has 38 heavy (non-hydrogen) atoms. The second-order valence-electron chi connectivity index (χ2n) is 9.41. The lowest BCUT2D eigenvalue weighted by Crippen LogP contribution is -2.60. The first-order valence-corrected chi connectivity index (χ1v) is 12.2. The average molecular weight is 551 g/mol. The number of allylic oxidation sites excluding steroid dienone is 1. The Labute approximate surface area is 223 Å². The number of dihydropyridines is 1. The zero-order valence-electron chi connectivity index (χ0n) is 21.4. The third-order valence-corrected chi connectivity index (χ3v) is 6.32. The van der Waals surface area contributed by atoms with E-state index in [0.717, 1.165) is 16.5 Å². The molecule has 2 aromatic heterocycles. The quantitative estimate of drug-likeness (QED) is 0.319. The van der Waals surface area contributed by atoms with Crippen LogP contribution in [0.15, 0.2) is 60.0 Å². The van der Waals surface area contributed by atoms with Crippen molar-refractivity contribution in [1.82, 2.24) is 30.1 Å². The minimum absolute atomic E-state index is 0.107. The minimum Gasteiger partial charge on any atom is -0.468 e. The van der Waals surface area contributed by atoms with Crippen LogP contribution in [0.5, 0.6) is 0 Å². The zero-order valence-corrected chi connectivity index (χ0v) is 22.2. The molecule has 5 N–H and O–H groups in total. The lowest BCUT2D eigenvalue weighted by Gasteiger charge is -2.38. The highest BCUT2D eigenvalue weighted by molar-refractivity contribution is 6.33. The van der Waals surface area contributed by atoms with Crippen molar-refractivity contribution in [1.29, 1.82) is 0 Å². The summed E-state index contributed by atoms with van der Waals surface area (Å²) in [5.41, 5.74) is 8.01. The van der Waals surface area contributed by atoms with Crippen LogP contribution in [0.3, 0.4) is 0 Å². The molecule has 204 valence electrons. The number of aromatic nitrogens is 3. The number of benzene rings is 1. The van der Waals surface area contributed by atoms with E-state index in [-0.39, 0.29) is 17.5 Å². The number of aryl methyl sites for hydroxylation is 1. The highest BCUT2D eigenvalue weighted by Gasteiger charge is 2.36. The summed E-state index contributed by atoms with van der Waals surface area (Å²) in [6.45, 7) is 1.44. The van der Waals surface area contributed by atoms with Gasteiger partial charge in [0.05, 0.1) is 22.6 Å². The minimum atomic E-state index is -4.54. The molecule has 1 unspecified atom stereocenters. The first-order valence-electron chi connectivity index (χ1n) is 11.8. The molecule has 0 spiro atoms. The molecule has 0 aliphatic carbocycles. The summed E-state index contributed by atoms with van der Waals surface area (Å²) in [4.78, 5) is 10.8. The van der Waals surface area contributed by atoms with Crippen LogP contribution in [0.1, 0.15) is 6.92 Å². The summed E-state index contributed by atoms with van der Waals surface area (Å²) in [7, 11) is 5.74. The van der Waals surface area contributed by atoms with Gasteiger partial charge in [-0.25, -0.2) is 9.97 Å². The van der Waals surface area contributed by atoms with Crippen molar-refractivity contribution in [3.63, 3.8) is 0 Å². The Bertz CT molecular complexity index is 1380. The number of halogens is 4. The maximum absolute atomic E-state index is 13.0. The molecule has 9 nitrogen and oxygen atoms in total. The molecule has 4 rings (SSSR count). The van der Waals surface area contributed by atoms with Crippen LogP contribution in [0.4, 0.5) is 19.1 Å². The number of hydrogen-bond acceptors (Lipinski definition) is 8. The lowest BCUT2D eigenvalue weighted by molar-refractivity contribution is -0.167. The van der Waals surface area contributed by atoms with Gasteiger partial charge in [-0.05, 0) is 33.2 Å². The monoisotopic (exact) mass is 550 g/mol. The fourth-order valence-electron chi connectivity index (χ4n) is 4.04. The largest absolute Gasteiger partial charge is 0.468 e. The Kier molecular flexibility index (Phi) is 7.77. The summed E-state index contributed by atoms with van der Waals surface area (Å²) in [5, 5.41) is 10.4. The van der Waals surface area contributed by atoms with Gasteiger partial charge in [0.15, 0.2) is 6.61 Å². The van der Waals surface area contributed by atoms with Crippen molar-refractivity contribution < 1.29 is 17.9 Å². The fraction of sp³-hybridized carbons (Fsp3) is 0.360. The van der Waals surface area contributed by atoms with E-state index in [1.165, 1.54) is 12.3 Å². The molecule has 0 radical (unpaired) electrons. The number of likely N-dealkylation sites (N-methyl/N-ethyl adjacent to an activating group) is 1. The number of hydrogen-bond donors (Lipinski definition) is 4. The Balaban J connectivity index is 1.67. The van der Waals surface area contributed by atoms with E-state index in [9.17, 15) is 13.2 Å². The predicted molar refractivity (Wildman–Crippen MR) is 142 cm³/mol. The topological polar surface area (TPSA) is 105 Å². The van der Waals surface area contributed by atoms with E-state index in [4.69, 9.17) is 22.1 Å². The van der Waals surface area contributed by atoms with Gasteiger partial charge in [-0.2, -0.15) is 13.2 Å². The zero-order chi connectivity index (χ0) is 27.7. The number of alkyl halides is 3. The molecule has 0 saturated heterocycles. The summed E-state index contributed by atoms with van der Waals surface area (Å²) in [6, 6.07) is 7.79. The smallest absolute Gasteiger partial charge is 0.422 e. The van der Waals surface area contributed by atoms with Crippen LogP contribution in [0, 0.1) is 0 Å². The number of fused-ring (bicyclic) bond motifs is 1. The van der Waals surface area contributed by atoms with E-state index < -0.39 is 18.4 Å². The summed E-state index contributed by atoms with van der Waals surface area (Å²) >= 11 is 6.46. The number of para-hydroxylation sites is 1. The third kappa shape index (κ3) is 6.14. The Morgan fingerprint density at radius 2 is 2.00 bits per heavy atom. The predicted octanol–water partition coefficient (Wildman–Crippen LogP) is 3.76. The van der Waals surface area contributed by atoms with Crippen molar-refractivity contribution in [2.24, 2.45) is 12.8 Å². The first-order chi connectivity index (χ1) is 17.9. The number of rotatable bonds is 9. The molecular weight excluding hydrogens is 521 g/mol. The standard InChI is InChI=1S/C25H30ClF3N8O/c1-24(32-9-10-36(2)3)20(30)11-18(22(35-24)38-14-25(27,28)29)33-23-31-12-17(26)21(34-23)16-13-37(4)19-8-6-5-7-15(16)19/h5-8,11-13,32,35H,9-10,14,30H2,1-4H3,(H,31,33,34). The molecule has 0 bridgehead atoms. The van der Waals surface area contributed by atoms with Crippen LogP contribution < -0.4 is 21.7 Å². The molecule has 13 heteroatoms. The van der Waals surface area contributed by atoms with Gasteiger partial charge in [-0.15, -0.1) is 0 Å². The van der Waals surface area contributed by atoms with E-state index >= 15 is 0 Å². The van der Waals surface area contributed by atoms with Gasteiger partial charge >= 0.3 is 6.18 Å². The highest BCUT2D eigenvalue weighted by Crippen LogP contribution is 2.34. The first kappa shape index (κ1) is 27.6. The van der Waals surface area contributed by atoms with Crippen molar-refractivity contribution in [2.45, 2.75) is 18.8 Å². The number of nitrogens with two attached hydrogens (primary N) is 1. The van der Waals surface area contributed by atoms with Crippen molar-refractivity contribution in [3.8, 4) is 11.3 Å². The van der Waals surface area contributed by atoms with Crippen LogP contribution in [0.25, 0.3) is 22.2 Å².